The summed E-state index contributed by atoms with van der Waals surface area (Å²) in [4.78, 5) is 12.6. The molecule has 3 rings (SSSR count). The lowest BCUT2D eigenvalue weighted by Gasteiger charge is -2.24. The van der Waals surface area contributed by atoms with Crippen molar-refractivity contribution in [2.45, 2.75) is 38.5 Å². The van der Waals surface area contributed by atoms with Crippen molar-refractivity contribution in [2.75, 3.05) is 0 Å². The molecule has 6 nitrogen and oxygen atoms in total. The second kappa shape index (κ2) is 7.15. The van der Waals surface area contributed by atoms with Gasteiger partial charge in [0.05, 0.1) is 0 Å². The first-order valence-corrected chi connectivity index (χ1v) is 9.92. The standard InChI is InChI=1S/C19H16F4O6S/c1-18(2,3)28-17(24)14-8-12-10(6-16(14)29-30(25,26)19(21,22)23)9-27-15-5-4-11(20)7-13(12)15/h4-8H,9H2,1-3H3. The Balaban J connectivity index is 2.19. The highest BCUT2D eigenvalue weighted by Gasteiger charge is 2.49. The molecule has 0 fully saturated rings. The second-order valence-electron chi connectivity index (χ2n) is 7.42. The van der Waals surface area contributed by atoms with Gasteiger partial charge in [-0.1, -0.05) is 0 Å². The summed E-state index contributed by atoms with van der Waals surface area (Å²) in [6.45, 7) is 4.41. The summed E-state index contributed by atoms with van der Waals surface area (Å²) in [5.74, 6) is -2.30. The van der Waals surface area contributed by atoms with E-state index in [2.05, 4.69) is 4.18 Å². The van der Waals surface area contributed by atoms with Gasteiger partial charge in [-0.05, 0) is 56.7 Å². The van der Waals surface area contributed by atoms with Crippen LogP contribution in [0.4, 0.5) is 17.6 Å². The Labute approximate surface area is 169 Å². The van der Waals surface area contributed by atoms with E-state index < -0.39 is 44.3 Å². The van der Waals surface area contributed by atoms with E-state index in [0.29, 0.717) is 0 Å². The van der Waals surface area contributed by atoms with Gasteiger partial charge >= 0.3 is 21.6 Å². The summed E-state index contributed by atoms with van der Waals surface area (Å²) in [6.07, 6.45) is 0. The molecule has 0 amide bonds. The van der Waals surface area contributed by atoms with Crippen molar-refractivity contribution in [1.82, 2.24) is 0 Å². The molecule has 1 aliphatic rings. The fraction of sp³-hybridized carbons (Fsp3) is 0.316. The molecule has 0 unspecified atom stereocenters. The summed E-state index contributed by atoms with van der Waals surface area (Å²) < 4.78 is 90.0. The topological polar surface area (TPSA) is 78.9 Å². The molecule has 30 heavy (non-hydrogen) atoms. The minimum atomic E-state index is -6.05. The normalized spacial score (nSPS) is 13.7. The molecule has 0 bridgehead atoms. The van der Waals surface area contributed by atoms with Crippen molar-refractivity contribution in [3.8, 4) is 22.6 Å². The average molecular weight is 448 g/mol. The van der Waals surface area contributed by atoms with E-state index in [1.165, 1.54) is 26.8 Å². The molecule has 0 saturated carbocycles. The monoisotopic (exact) mass is 448 g/mol. The first-order chi connectivity index (χ1) is 13.7. The van der Waals surface area contributed by atoms with Gasteiger partial charge in [0.1, 0.15) is 29.3 Å². The minimum absolute atomic E-state index is 0.162. The van der Waals surface area contributed by atoms with Crippen molar-refractivity contribution in [3.63, 3.8) is 0 Å². The molecule has 11 heteroatoms. The van der Waals surface area contributed by atoms with Gasteiger partial charge in [0.25, 0.3) is 0 Å². The molecule has 0 aromatic heterocycles. The van der Waals surface area contributed by atoms with E-state index in [1.807, 2.05) is 0 Å². The Morgan fingerprint density at radius 2 is 1.73 bits per heavy atom. The van der Waals surface area contributed by atoms with Crippen LogP contribution >= 0.6 is 0 Å². The molecule has 0 N–H and O–H groups in total. The Morgan fingerprint density at radius 3 is 2.33 bits per heavy atom. The van der Waals surface area contributed by atoms with Crippen LogP contribution in [0.25, 0.3) is 11.1 Å². The smallest absolute Gasteiger partial charge is 0.488 e. The Morgan fingerprint density at radius 1 is 1.07 bits per heavy atom. The van der Waals surface area contributed by atoms with Gasteiger partial charge in [-0.25, -0.2) is 9.18 Å². The van der Waals surface area contributed by atoms with Crippen LogP contribution in [-0.2, 0) is 21.5 Å². The highest BCUT2D eigenvalue weighted by atomic mass is 32.2. The molecule has 0 aliphatic carbocycles. The first-order valence-electron chi connectivity index (χ1n) is 8.52. The average Bonchev–Trinajstić information content (AvgIpc) is 2.58. The maximum absolute atomic E-state index is 13.7. The quantitative estimate of drug-likeness (QED) is 0.296. The number of hydrogen-bond acceptors (Lipinski definition) is 6. The van der Waals surface area contributed by atoms with Crippen molar-refractivity contribution in [3.05, 3.63) is 47.3 Å². The van der Waals surface area contributed by atoms with Gasteiger partial charge in [0.2, 0.25) is 0 Å². The first kappa shape index (κ1) is 21.9. The molecular weight excluding hydrogens is 432 g/mol. The van der Waals surface area contributed by atoms with Gasteiger partial charge in [-0.3, -0.25) is 0 Å². The molecule has 0 radical (unpaired) electrons. The Kier molecular flexibility index (Phi) is 5.21. The van der Waals surface area contributed by atoms with Crippen molar-refractivity contribution >= 4 is 16.1 Å². The number of carbonyl (C=O) groups is 1. The van der Waals surface area contributed by atoms with Crippen molar-refractivity contribution in [2.24, 2.45) is 0 Å². The van der Waals surface area contributed by atoms with E-state index in [0.717, 1.165) is 24.3 Å². The van der Waals surface area contributed by atoms with E-state index in [4.69, 9.17) is 9.47 Å². The number of alkyl halides is 3. The fourth-order valence-corrected chi connectivity index (χ4v) is 3.18. The molecule has 162 valence electrons. The van der Waals surface area contributed by atoms with Gasteiger partial charge in [0, 0.05) is 11.1 Å². The van der Waals surface area contributed by atoms with Gasteiger partial charge in [-0.15, -0.1) is 0 Å². The summed E-state index contributed by atoms with van der Waals surface area (Å²) in [6, 6.07) is 5.68. The highest BCUT2D eigenvalue weighted by Crippen LogP contribution is 2.42. The number of esters is 1. The fourth-order valence-electron chi connectivity index (χ4n) is 2.71. The number of halogens is 4. The second-order valence-corrected chi connectivity index (χ2v) is 8.96. The molecule has 2 aromatic rings. The highest BCUT2D eigenvalue weighted by molar-refractivity contribution is 7.88. The maximum Gasteiger partial charge on any atom is 0.534 e. The predicted octanol–water partition coefficient (Wildman–Crippen LogP) is 4.57. The largest absolute Gasteiger partial charge is 0.534 e. The van der Waals surface area contributed by atoms with Crippen LogP contribution in [0.2, 0.25) is 0 Å². The lowest BCUT2D eigenvalue weighted by molar-refractivity contribution is -0.0501. The lowest BCUT2D eigenvalue weighted by atomic mass is 9.94. The molecule has 0 spiro atoms. The number of ether oxygens (including phenoxy) is 2. The van der Waals surface area contributed by atoms with E-state index >= 15 is 0 Å². The SMILES string of the molecule is CC(C)(C)OC(=O)c1cc2c(cc1OS(=O)(=O)C(F)(F)F)COc1ccc(F)cc1-2. The van der Waals surface area contributed by atoms with E-state index in [9.17, 15) is 30.8 Å². The van der Waals surface area contributed by atoms with Crippen LogP contribution in [0.5, 0.6) is 11.5 Å². The van der Waals surface area contributed by atoms with Crippen molar-refractivity contribution in [1.29, 1.82) is 0 Å². The van der Waals surface area contributed by atoms with E-state index in [1.54, 1.807) is 0 Å². The maximum atomic E-state index is 13.7. The van der Waals surface area contributed by atoms with Crippen LogP contribution in [0.15, 0.2) is 30.3 Å². The third-order valence-corrected chi connectivity index (χ3v) is 4.89. The van der Waals surface area contributed by atoms with Gasteiger partial charge in [-0.2, -0.15) is 21.6 Å². The molecule has 1 aliphatic heterocycles. The summed E-state index contributed by atoms with van der Waals surface area (Å²) in [7, 11) is -6.05. The van der Waals surface area contributed by atoms with Crippen molar-refractivity contribution < 1.29 is 44.4 Å². The Bertz CT molecular complexity index is 1120. The van der Waals surface area contributed by atoms with Crippen LogP contribution in [0.1, 0.15) is 36.7 Å². The zero-order valence-electron chi connectivity index (χ0n) is 16.0. The van der Waals surface area contributed by atoms with Gasteiger partial charge < -0.3 is 13.7 Å². The summed E-state index contributed by atoms with van der Waals surface area (Å²) in [5.41, 5.74) is -6.58. The van der Waals surface area contributed by atoms with Crippen LogP contribution in [0.3, 0.4) is 0 Å². The third-order valence-electron chi connectivity index (χ3n) is 3.92. The third kappa shape index (κ3) is 4.35. The Hall–Kier alpha value is -2.82. The number of benzene rings is 2. The predicted molar refractivity (Wildman–Crippen MR) is 96.9 cm³/mol. The molecule has 2 aromatic carbocycles. The molecular formula is C19H16F4O6S. The number of hydrogen-bond donors (Lipinski definition) is 0. The van der Waals surface area contributed by atoms with Gasteiger partial charge in [0.15, 0.2) is 5.75 Å². The van der Waals surface area contributed by atoms with Crippen LogP contribution in [-0.4, -0.2) is 25.5 Å². The number of rotatable bonds is 3. The van der Waals surface area contributed by atoms with Crippen LogP contribution in [0, 0.1) is 5.82 Å². The zero-order chi connectivity index (χ0) is 22.5. The molecule has 1 heterocycles. The number of carbonyl (C=O) groups excluding carboxylic acids is 1. The summed E-state index contributed by atoms with van der Waals surface area (Å²) >= 11 is 0. The zero-order valence-corrected chi connectivity index (χ0v) is 16.8. The minimum Gasteiger partial charge on any atom is -0.488 e. The van der Waals surface area contributed by atoms with E-state index in [-0.39, 0.29) is 29.0 Å². The molecule has 0 atom stereocenters. The summed E-state index contributed by atoms with van der Waals surface area (Å²) in [5, 5.41) is 0. The van der Waals surface area contributed by atoms with Crippen LogP contribution < -0.4 is 8.92 Å². The lowest BCUT2D eigenvalue weighted by Crippen LogP contribution is -2.29. The number of fused-ring (bicyclic) bond motifs is 3. The molecule has 0 saturated heterocycles.